The van der Waals surface area contributed by atoms with Crippen LogP contribution in [-0.4, -0.2) is 49.5 Å². The van der Waals surface area contributed by atoms with Crippen LogP contribution in [0.15, 0.2) is 83.3 Å². The molecule has 0 heterocycles. The molecule has 3 aromatic rings. The van der Waals surface area contributed by atoms with Gasteiger partial charge in [0.05, 0.1) is 11.9 Å². The van der Waals surface area contributed by atoms with Gasteiger partial charge in [-0.15, -0.1) is 0 Å². The number of hydrogen-bond acceptors (Lipinski definition) is 4. The highest BCUT2D eigenvalue weighted by molar-refractivity contribution is 14.1. The predicted octanol–water partition coefficient (Wildman–Crippen LogP) is 5.37. The minimum Gasteiger partial charge on any atom is -0.350 e. The quantitative estimate of drug-likeness (QED) is 0.285. The van der Waals surface area contributed by atoms with Gasteiger partial charge in [-0.2, -0.15) is 0 Å². The van der Waals surface area contributed by atoms with Crippen LogP contribution in [-0.2, 0) is 32.6 Å². The van der Waals surface area contributed by atoms with Crippen molar-refractivity contribution in [2.75, 3.05) is 17.1 Å². The second-order valence-electron chi connectivity index (χ2n) is 10.3. The molecular formula is C29H33BrIN3O4S. The molecule has 0 aliphatic carbocycles. The lowest BCUT2D eigenvalue weighted by Crippen LogP contribution is -2.56. The molecule has 0 bridgehead atoms. The van der Waals surface area contributed by atoms with Crippen molar-refractivity contribution in [1.82, 2.24) is 10.2 Å². The summed E-state index contributed by atoms with van der Waals surface area (Å²) in [6.45, 7) is 5.34. The summed E-state index contributed by atoms with van der Waals surface area (Å²) in [5, 5.41) is 3.02. The van der Waals surface area contributed by atoms with Crippen molar-refractivity contribution in [1.29, 1.82) is 0 Å². The van der Waals surface area contributed by atoms with Crippen LogP contribution in [0.4, 0.5) is 5.69 Å². The van der Waals surface area contributed by atoms with Crippen LogP contribution in [0.2, 0.25) is 0 Å². The fraction of sp³-hybridized carbons (Fsp3) is 0.310. The van der Waals surface area contributed by atoms with Crippen LogP contribution in [0, 0.1) is 3.57 Å². The summed E-state index contributed by atoms with van der Waals surface area (Å²) in [6.07, 6.45) is 1.35. The molecule has 1 atom stereocenters. The van der Waals surface area contributed by atoms with Gasteiger partial charge in [-0.25, -0.2) is 8.42 Å². The summed E-state index contributed by atoms with van der Waals surface area (Å²) in [5.41, 5.74) is 1.55. The highest BCUT2D eigenvalue weighted by Gasteiger charge is 2.34. The zero-order chi connectivity index (χ0) is 28.8. The first-order chi connectivity index (χ1) is 18.2. The summed E-state index contributed by atoms with van der Waals surface area (Å²) in [5.74, 6) is -0.788. The normalized spacial score (nSPS) is 12.5. The van der Waals surface area contributed by atoms with Crippen molar-refractivity contribution < 1.29 is 18.0 Å². The molecule has 1 N–H and O–H groups in total. The van der Waals surface area contributed by atoms with E-state index in [1.807, 2.05) is 75.4 Å². The van der Waals surface area contributed by atoms with Gasteiger partial charge in [0.2, 0.25) is 21.8 Å². The Bertz CT molecular complexity index is 1380. The Labute approximate surface area is 253 Å². The van der Waals surface area contributed by atoms with Gasteiger partial charge in [-0.3, -0.25) is 13.9 Å². The third-order valence-corrected chi connectivity index (χ3v) is 8.22. The molecule has 0 fully saturated rings. The van der Waals surface area contributed by atoms with Crippen molar-refractivity contribution >= 4 is 66.0 Å². The van der Waals surface area contributed by atoms with Crippen LogP contribution in [0.5, 0.6) is 0 Å². The summed E-state index contributed by atoms with van der Waals surface area (Å²) in [6, 6.07) is 23.0. The van der Waals surface area contributed by atoms with E-state index >= 15 is 0 Å². The van der Waals surface area contributed by atoms with Crippen LogP contribution >= 0.6 is 38.5 Å². The molecule has 0 spiro atoms. The molecule has 3 aromatic carbocycles. The topological polar surface area (TPSA) is 86.8 Å². The van der Waals surface area contributed by atoms with E-state index < -0.39 is 34.1 Å². The van der Waals surface area contributed by atoms with Gasteiger partial charge in [0.25, 0.3) is 0 Å². The number of carbonyl (C=O) groups is 2. The summed E-state index contributed by atoms with van der Waals surface area (Å²) < 4.78 is 28.6. The zero-order valence-electron chi connectivity index (χ0n) is 22.4. The fourth-order valence-electron chi connectivity index (χ4n) is 4.01. The Kier molecular flexibility index (Phi) is 10.6. The molecule has 208 valence electrons. The molecule has 0 aliphatic rings. The monoisotopic (exact) mass is 725 g/mol. The Morgan fingerprint density at radius 2 is 1.51 bits per heavy atom. The van der Waals surface area contributed by atoms with Gasteiger partial charge in [0.1, 0.15) is 12.6 Å². The Hall–Kier alpha value is -2.44. The minimum atomic E-state index is -3.79. The van der Waals surface area contributed by atoms with E-state index in [9.17, 15) is 18.0 Å². The summed E-state index contributed by atoms with van der Waals surface area (Å²) >= 11 is 5.57. The van der Waals surface area contributed by atoms with Crippen molar-refractivity contribution in [3.63, 3.8) is 0 Å². The molecule has 0 saturated carbocycles. The Balaban J connectivity index is 2.06. The largest absolute Gasteiger partial charge is 0.350 e. The maximum atomic E-state index is 14.0. The second kappa shape index (κ2) is 13.3. The highest BCUT2D eigenvalue weighted by atomic mass is 127. The number of benzene rings is 3. The number of carbonyl (C=O) groups excluding carboxylic acids is 2. The first-order valence-electron chi connectivity index (χ1n) is 12.4. The van der Waals surface area contributed by atoms with Crippen LogP contribution < -0.4 is 9.62 Å². The maximum Gasteiger partial charge on any atom is 0.244 e. The lowest BCUT2D eigenvalue weighted by atomic mass is 10.0. The average Bonchev–Trinajstić information content (AvgIpc) is 2.85. The van der Waals surface area contributed by atoms with E-state index in [4.69, 9.17) is 0 Å². The maximum absolute atomic E-state index is 14.0. The molecule has 10 heteroatoms. The molecule has 0 radical (unpaired) electrons. The summed E-state index contributed by atoms with van der Waals surface area (Å²) in [4.78, 5) is 29.2. The highest BCUT2D eigenvalue weighted by Crippen LogP contribution is 2.22. The number of nitrogens with one attached hydrogen (secondary N) is 1. The minimum absolute atomic E-state index is 0.130. The number of hydrogen-bond donors (Lipinski definition) is 1. The van der Waals surface area contributed by atoms with E-state index in [1.165, 1.54) is 4.90 Å². The molecule has 2 amide bonds. The smallest absolute Gasteiger partial charge is 0.244 e. The van der Waals surface area contributed by atoms with E-state index in [0.29, 0.717) is 5.69 Å². The number of sulfonamides is 1. The van der Waals surface area contributed by atoms with Gasteiger partial charge < -0.3 is 10.2 Å². The molecule has 3 rings (SSSR count). The number of halogens is 2. The number of amides is 2. The van der Waals surface area contributed by atoms with Crippen LogP contribution in [0.3, 0.4) is 0 Å². The fourth-order valence-corrected chi connectivity index (χ4v) is 5.49. The van der Waals surface area contributed by atoms with Gasteiger partial charge in [0, 0.05) is 26.5 Å². The molecular weight excluding hydrogens is 693 g/mol. The number of anilines is 1. The van der Waals surface area contributed by atoms with Gasteiger partial charge in [-0.1, -0.05) is 58.4 Å². The van der Waals surface area contributed by atoms with E-state index in [1.54, 1.807) is 24.3 Å². The average molecular weight is 726 g/mol. The van der Waals surface area contributed by atoms with E-state index in [0.717, 1.165) is 29.7 Å². The molecule has 0 saturated heterocycles. The lowest BCUT2D eigenvalue weighted by molar-refractivity contribution is -0.140. The van der Waals surface area contributed by atoms with Crippen molar-refractivity contribution in [3.05, 3.63) is 98.0 Å². The molecule has 0 unspecified atom stereocenters. The Morgan fingerprint density at radius 3 is 2.05 bits per heavy atom. The first kappa shape index (κ1) is 31.1. The second-order valence-corrected chi connectivity index (χ2v) is 14.4. The van der Waals surface area contributed by atoms with Crippen molar-refractivity contribution in [2.45, 2.75) is 45.3 Å². The Morgan fingerprint density at radius 1 is 0.923 bits per heavy atom. The standard InChI is InChI=1S/C29H33BrIN3O4S/c1-29(2,3)32-28(36)26(18-21-8-6-5-7-9-21)33(19-22-10-12-23(30)13-11-22)27(35)20-34(39(4,37)38)25-16-14-24(31)15-17-25/h5-17,26H,18-20H2,1-4H3,(H,32,36)/t26-/m1/s1. The molecule has 0 aliphatic heterocycles. The van der Waals surface area contributed by atoms with Crippen molar-refractivity contribution in [3.8, 4) is 0 Å². The third kappa shape index (κ3) is 9.61. The van der Waals surface area contributed by atoms with Gasteiger partial charge >= 0.3 is 0 Å². The van der Waals surface area contributed by atoms with Gasteiger partial charge in [0.15, 0.2) is 0 Å². The lowest BCUT2D eigenvalue weighted by Gasteiger charge is -2.35. The number of rotatable bonds is 10. The molecule has 7 nitrogen and oxygen atoms in total. The zero-order valence-corrected chi connectivity index (χ0v) is 27.0. The van der Waals surface area contributed by atoms with Gasteiger partial charge in [-0.05, 0) is 90.9 Å². The van der Waals surface area contributed by atoms with E-state index in [2.05, 4.69) is 43.8 Å². The SMILES string of the molecule is CC(C)(C)NC(=O)[C@@H](Cc1ccccc1)N(Cc1ccc(Br)cc1)C(=O)CN(c1ccc(I)cc1)S(C)(=O)=O. The first-order valence-corrected chi connectivity index (χ1v) is 16.1. The third-order valence-electron chi connectivity index (χ3n) is 5.83. The number of nitrogens with zero attached hydrogens (tertiary/aromatic N) is 2. The molecule has 0 aromatic heterocycles. The van der Waals surface area contributed by atoms with Crippen LogP contribution in [0.1, 0.15) is 31.9 Å². The predicted molar refractivity (Wildman–Crippen MR) is 168 cm³/mol. The molecule has 39 heavy (non-hydrogen) atoms. The van der Waals surface area contributed by atoms with Crippen molar-refractivity contribution in [2.24, 2.45) is 0 Å². The summed E-state index contributed by atoms with van der Waals surface area (Å²) in [7, 11) is -3.79. The van der Waals surface area contributed by atoms with E-state index in [-0.39, 0.29) is 18.9 Å². The van der Waals surface area contributed by atoms with Crippen LogP contribution in [0.25, 0.3) is 0 Å².